The van der Waals surface area contributed by atoms with Gasteiger partial charge in [-0.2, -0.15) is 4.98 Å². The van der Waals surface area contributed by atoms with Gasteiger partial charge in [0.05, 0.1) is 6.04 Å². The van der Waals surface area contributed by atoms with Crippen LogP contribution >= 0.6 is 0 Å². The molecule has 0 spiro atoms. The monoisotopic (exact) mass is 341 g/mol. The molecule has 2 aliphatic rings. The molecular weight excluding hydrogens is 321 g/mol. The van der Waals surface area contributed by atoms with Crippen molar-refractivity contribution in [2.75, 3.05) is 6.54 Å². The Morgan fingerprint density at radius 1 is 1.24 bits per heavy atom. The van der Waals surface area contributed by atoms with Gasteiger partial charge in [-0.25, -0.2) is 9.37 Å². The molecule has 130 valence electrons. The first-order valence-electron chi connectivity index (χ1n) is 8.70. The van der Waals surface area contributed by atoms with Crippen LogP contribution in [0.25, 0.3) is 0 Å². The predicted molar refractivity (Wildman–Crippen MR) is 89.7 cm³/mol. The van der Waals surface area contributed by atoms with Gasteiger partial charge in [-0.3, -0.25) is 4.79 Å². The molecule has 2 heterocycles. The maximum absolute atomic E-state index is 13.8. The Balaban J connectivity index is 1.61. The third-order valence-electron chi connectivity index (χ3n) is 4.66. The number of carbonyl (C=O) groups is 1. The molecule has 2 fully saturated rings. The molecule has 6 heteroatoms. The van der Waals surface area contributed by atoms with Gasteiger partial charge in [0.25, 0.3) is 0 Å². The van der Waals surface area contributed by atoms with Crippen molar-refractivity contribution >= 4 is 5.91 Å². The van der Waals surface area contributed by atoms with E-state index in [9.17, 15) is 9.18 Å². The van der Waals surface area contributed by atoms with Crippen LogP contribution in [0.5, 0.6) is 11.6 Å². The van der Waals surface area contributed by atoms with E-state index in [1.54, 1.807) is 24.3 Å². The van der Waals surface area contributed by atoms with Crippen LogP contribution in [0, 0.1) is 18.7 Å². The summed E-state index contributed by atoms with van der Waals surface area (Å²) in [5, 5.41) is 0. The lowest BCUT2D eigenvalue weighted by molar-refractivity contribution is -0.133. The number of benzene rings is 1. The molecule has 1 saturated heterocycles. The number of likely N-dealkylation sites (tertiary alicyclic amines) is 1. The smallest absolute Gasteiger partial charge is 0.226 e. The number of para-hydroxylation sites is 1. The Morgan fingerprint density at radius 3 is 2.80 bits per heavy atom. The van der Waals surface area contributed by atoms with Crippen molar-refractivity contribution in [1.29, 1.82) is 0 Å². The van der Waals surface area contributed by atoms with Crippen LogP contribution in [0.15, 0.2) is 30.3 Å². The molecule has 0 N–H and O–H groups in total. The van der Waals surface area contributed by atoms with Crippen molar-refractivity contribution in [2.24, 2.45) is 5.92 Å². The second-order valence-corrected chi connectivity index (χ2v) is 6.70. The average molecular weight is 341 g/mol. The maximum Gasteiger partial charge on any atom is 0.226 e. The van der Waals surface area contributed by atoms with Crippen LogP contribution in [-0.2, 0) is 4.79 Å². The highest BCUT2D eigenvalue weighted by Gasteiger charge is 2.39. The van der Waals surface area contributed by atoms with Crippen LogP contribution in [0.3, 0.4) is 0 Å². The summed E-state index contributed by atoms with van der Waals surface area (Å²) in [6.45, 7) is 2.60. The number of hydrogen-bond acceptors (Lipinski definition) is 4. The molecule has 0 bridgehead atoms. The summed E-state index contributed by atoms with van der Waals surface area (Å²) in [6.07, 6.45) is 3.77. The molecule has 1 saturated carbocycles. The summed E-state index contributed by atoms with van der Waals surface area (Å²) >= 11 is 0. The Morgan fingerprint density at radius 2 is 2.04 bits per heavy atom. The number of aryl methyl sites for hydroxylation is 1. The largest absolute Gasteiger partial charge is 0.436 e. The van der Waals surface area contributed by atoms with E-state index in [0.717, 1.165) is 37.9 Å². The van der Waals surface area contributed by atoms with Crippen LogP contribution < -0.4 is 4.74 Å². The van der Waals surface area contributed by atoms with Gasteiger partial charge in [0.2, 0.25) is 11.8 Å². The lowest BCUT2D eigenvalue weighted by atomic mass is 10.2. The van der Waals surface area contributed by atoms with E-state index in [1.165, 1.54) is 6.07 Å². The first kappa shape index (κ1) is 16.0. The Bertz CT molecular complexity index is 807. The van der Waals surface area contributed by atoms with Crippen LogP contribution in [-0.4, -0.2) is 27.3 Å². The number of hydrogen-bond donors (Lipinski definition) is 0. The number of ether oxygens (including phenoxy) is 1. The number of rotatable bonds is 4. The lowest BCUT2D eigenvalue weighted by Crippen LogP contribution is -2.32. The first-order valence-corrected chi connectivity index (χ1v) is 8.70. The highest BCUT2D eigenvalue weighted by Crippen LogP contribution is 2.38. The van der Waals surface area contributed by atoms with E-state index >= 15 is 0 Å². The van der Waals surface area contributed by atoms with Crippen molar-refractivity contribution in [3.8, 4) is 11.6 Å². The van der Waals surface area contributed by atoms with E-state index in [4.69, 9.17) is 4.74 Å². The summed E-state index contributed by atoms with van der Waals surface area (Å²) in [5.74, 6) is 0.968. The van der Waals surface area contributed by atoms with E-state index in [0.29, 0.717) is 11.7 Å². The van der Waals surface area contributed by atoms with E-state index in [-0.39, 0.29) is 23.6 Å². The summed E-state index contributed by atoms with van der Waals surface area (Å²) in [6, 6.07) is 7.79. The Hall–Kier alpha value is -2.50. The molecular formula is C19H20FN3O2. The van der Waals surface area contributed by atoms with Gasteiger partial charge in [-0.15, -0.1) is 0 Å². The fourth-order valence-corrected chi connectivity index (χ4v) is 3.27. The third kappa shape index (κ3) is 3.34. The van der Waals surface area contributed by atoms with Crippen LogP contribution in [0.2, 0.25) is 0 Å². The van der Waals surface area contributed by atoms with Crippen molar-refractivity contribution < 1.29 is 13.9 Å². The standard InChI is InChI=1S/C19H20FN3O2/c1-12-11-17(25-16-7-3-2-5-14(16)20)22-18(21-12)15-6-4-10-23(15)19(24)13-8-9-13/h2-3,5,7,11,13,15H,4,6,8-10H2,1H3. The fourth-order valence-electron chi connectivity index (χ4n) is 3.27. The normalized spacial score (nSPS) is 19.9. The van der Waals surface area contributed by atoms with Crippen molar-refractivity contribution in [3.63, 3.8) is 0 Å². The number of nitrogens with zero attached hydrogens (tertiary/aromatic N) is 3. The van der Waals surface area contributed by atoms with Crippen molar-refractivity contribution in [1.82, 2.24) is 14.9 Å². The average Bonchev–Trinajstić information content (AvgIpc) is 3.32. The first-order chi connectivity index (χ1) is 12.1. The number of aromatic nitrogens is 2. The molecule has 1 aromatic heterocycles. The Labute approximate surface area is 145 Å². The second kappa shape index (κ2) is 6.43. The van der Waals surface area contributed by atoms with Crippen LogP contribution in [0.4, 0.5) is 4.39 Å². The molecule has 25 heavy (non-hydrogen) atoms. The molecule has 1 amide bonds. The van der Waals surface area contributed by atoms with Gasteiger partial charge < -0.3 is 9.64 Å². The molecule has 4 rings (SSSR count). The third-order valence-corrected chi connectivity index (χ3v) is 4.66. The van der Waals surface area contributed by atoms with Gasteiger partial charge >= 0.3 is 0 Å². The molecule has 1 atom stereocenters. The maximum atomic E-state index is 13.8. The van der Waals surface area contributed by atoms with Crippen molar-refractivity contribution in [3.05, 3.63) is 47.7 Å². The predicted octanol–water partition coefficient (Wildman–Crippen LogP) is 3.79. The molecule has 0 radical (unpaired) electrons. The molecule has 1 unspecified atom stereocenters. The van der Waals surface area contributed by atoms with E-state index in [2.05, 4.69) is 9.97 Å². The lowest BCUT2D eigenvalue weighted by Gasteiger charge is -2.24. The quantitative estimate of drug-likeness (QED) is 0.849. The zero-order valence-corrected chi connectivity index (χ0v) is 14.1. The summed E-state index contributed by atoms with van der Waals surface area (Å²) in [7, 11) is 0. The minimum absolute atomic E-state index is 0.115. The van der Waals surface area contributed by atoms with E-state index < -0.39 is 5.82 Å². The highest BCUT2D eigenvalue weighted by molar-refractivity contribution is 5.81. The van der Waals surface area contributed by atoms with Gasteiger partial charge in [0, 0.05) is 24.2 Å². The van der Waals surface area contributed by atoms with Crippen LogP contribution in [0.1, 0.15) is 43.2 Å². The molecule has 5 nitrogen and oxygen atoms in total. The minimum atomic E-state index is -0.438. The zero-order chi connectivity index (χ0) is 17.4. The number of halogens is 1. The highest BCUT2D eigenvalue weighted by atomic mass is 19.1. The van der Waals surface area contributed by atoms with Gasteiger partial charge in [-0.1, -0.05) is 12.1 Å². The second-order valence-electron chi connectivity index (χ2n) is 6.70. The number of amides is 1. The zero-order valence-electron chi connectivity index (χ0n) is 14.1. The van der Waals surface area contributed by atoms with E-state index in [1.807, 2.05) is 11.8 Å². The summed E-state index contributed by atoms with van der Waals surface area (Å²) < 4.78 is 19.4. The number of carbonyl (C=O) groups excluding carboxylic acids is 1. The topological polar surface area (TPSA) is 55.3 Å². The molecule has 2 aromatic rings. The summed E-state index contributed by atoms with van der Waals surface area (Å²) in [4.78, 5) is 23.4. The minimum Gasteiger partial charge on any atom is -0.436 e. The molecule has 1 aliphatic carbocycles. The molecule has 1 aliphatic heterocycles. The van der Waals surface area contributed by atoms with Crippen molar-refractivity contribution in [2.45, 2.75) is 38.6 Å². The SMILES string of the molecule is Cc1cc(Oc2ccccc2F)nc(C2CCCN2C(=O)C2CC2)n1. The van der Waals surface area contributed by atoms with Gasteiger partial charge in [0.1, 0.15) is 0 Å². The van der Waals surface area contributed by atoms with Gasteiger partial charge in [0.15, 0.2) is 17.4 Å². The fraction of sp³-hybridized carbons (Fsp3) is 0.421. The summed E-state index contributed by atoms with van der Waals surface area (Å²) in [5.41, 5.74) is 0.738. The van der Waals surface area contributed by atoms with Gasteiger partial charge in [-0.05, 0) is 44.7 Å². The molecule has 1 aromatic carbocycles. The Kier molecular flexibility index (Phi) is 4.11.